The molecule has 0 amide bonds. The highest BCUT2D eigenvalue weighted by molar-refractivity contribution is 5.84. The van der Waals surface area contributed by atoms with E-state index in [0.29, 0.717) is 17.9 Å². The predicted molar refractivity (Wildman–Crippen MR) is 76.4 cm³/mol. The van der Waals surface area contributed by atoms with E-state index in [9.17, 15) is 0 Å². The van der Waals surface area contributed by atoms with Crippen LogP contribution in [0.2, 0.25) is 0 Å². The summed E-state index contributed by atoms with van der Waals surface area (Å²) in [7, 11) is 1.83. The normalized spacial score (nSPS) is 19.6. The van der Waals surface area contributed by atoms with Gasteiger partial charge >= 0.3 is 0 Å². The summed E-state index contributed by atoms with van der Waals surface area (Å²) in [5, 5.41) is 3.01. The van der Waals surface area contributed by atoms with Crippen molar-refractivity contribution in [3.8, 4) is 0 Å². The van der Waals surface area contributed by atoms with Crippen molar-refractivity contribution in [1.29, 1.82) is 0 Å². The van der Waals surface area contributed by atoms with Gasteiger partial charge in [-0.15, -0.1) is 0 Å². The van der Waals surface area contributed by atoms with Gasteiger partial charge in [0.1, 0.15) is 5.52 Å². The van der Waals surface area contributed by atoms with Crippen LogP contribution >= 0.6 is 0 Å². The minimum atomic E-state index is 0.547. The molecule has 3 heterocycles. The number of aromatic amines is 1. The molecule has 19 heavy (non-hydrogen) atoms. The van der Waals surface area contributed by atoms with Crippen LogP contribution in [0.15, 0.2) is 6.33 Å². The SMILES string of the molecule is CNc1nc(N2CCCC2C(C)C)c2[nH]cnc2n1. The van der Waals surface area contributed by atoms with Gasteiger partial charge in [0.15, 0.2) is 11.5 Å². The minimum absolute atomic E-state index is 0.547. The number of H-pyrrole nitrogens is 1. The van der Waals surface area contributed by atoms with Gasteiger partial charge in [0.25, 0.3) is 0 Å². The van der Waals surface area contributed by atoms with Gasteiger partial charge in [-0.3, -0.25) is 0 Å². The topological polar surface area (TPSA) is 69.7 Å². The molecule has 1 aliphatic rings. The van der Waals surface area contributed by atoms with Gasteiger partial charge < -0.3 is 15.2 Å². The van der Waals surface area contributed by atoms with E-state index in [-0.39, 0.29) is 0 Å². The maximum atomic E-state index is 4.64. The number of anilines is 2. The number of hydrogen-bond donors (Lipinski definition) is 2. The van der Waals surface area contributed by atoms with Crippen molar-refractivity contribution < 1.29 is 0 Å². The van der Waals surface area contributed by atoms with Gasteiger partial charge in [0.2, 0.25) is 5.95 Å². The third-order valence-corrected chi connectivity index (χ3v) is 3.83. The second kappa shape index (κ2) is 4.68. The lowest BCUT2D eigenvalue weighted by molar-refractivity contribution is 0.490. The second-order valence-corrected chi connectivity index (χ2v) is 5.37. The predicted octanol–water partition coefficient (Wildman–Crippen LogP) is 2.02. The third kappa shape index (κ3) is 2.01. The zero-order chi connectivity index (χ0) is 13.4. The molecule has 2 aromatic rings. The first kappa shape index (κ1) is 12.2. The average molecular weight is 260 g/mol. The van der Waals surface area contributed by atoms with Crippen molar-refractivity contribution in [1.82, 2.24) is 19.9 Å². The zero-order valence-electron chi connectivity index (χ0n) is 11.6. The van der Waals surface area contributed by atoms with E-state index in [4.69, 9.17) is 0 Å². The Morgan fingerprint density at radius 1 is 1.42 bits per heavy atom. The molecule has 2 N–H and O–H groups in total. The molecule has 1 aliphatic heterocycles. The fourth-order valence-corrected chi connectivity index (χ4v) is 2.89. The molecule has 2 aromatic heterocycles. The summed E-state index contributed by atoms with van der Waals surface area (Å²) in [6, 6.07) is 0.547. The minimum Gasteiger partial charge on any atom is -0.357 e. The summed E-state index contributed by atoms with van der Waals surface area (Å²) in [5.74, 6) is 2.22. The molecular formula is C13H20N6. The number of nitrogens with zero attached hydrogens (tertiary/aromatic N) is 4. The molecule has 6 heteroatoms. The molecule has 0 spiro atoms. The Morgan fingerprint density at radius 3 is 3.00 bits per heavy atom. The summed E-state index contributed by atoms with van der Waals surface area (Å²) in [6.07, 6.45) is 4.13. The lowest BCUT2D eigenvalue weighted by atomic mass is 10.0. The second-order valence-electron chi connectivity index (χ2n) is 5.37. The summed E-state index contributed by atoms with van der Waals surface area (Å²) in [4.78, 5) is 18.8. The Hall–Kier alpha value is -1.85. The van der Waals surface area contributed by atoms with E-state index in [1.807, 2.05) is 7.05 Å². The van der Waals surface area contributed by atoms with Crippen molar-refractivity contribution >= 4 is 22.9 Å². The lowest BCUT2D eigenvalue weighted by Crippen LogP contribution is -2.34. The first-order chi connectivity index (χ1) is 9.20. The van der Waals surface area contributed by atoms with Crippen LogP contribution in [-0.4, -0.2) is 39.6 Å². The van der Waals surface area contributed by atoms with Crippen LogP contribution in [0.5, 0.6) is 0 Å². The number of rotatable bonds is 3. The Kier molecular flexibility index (Phi) is 3.00. The molecule has 1 saturated heterocycles. The van der Waals surface area contributed by atoms with E-state index in [1.54, 1.807) is 6.33 Å². The molecule has 102 valence electrons. The van der Waals surface area contributed by atoms with Gasteiger partial charge in [-0.05, 0) is 18.8 Å². The maximum Gasteiger partial charge on any atom is 0.226 e. The molecule has 0 aromatic carbocycles. The third-order valence-electron chi connectivity index (χ3n) is 3.83. The van der Waals surface area contributed by atoms with Crippen LogP contribution in [0.1, 0.15) is 26.7 Å². The summed E-state index contributed by atoms with van der Waals surface area (Å²) < 4.78 is 0. The van der Waals surface area contributed by atoms with E-state index in [1.165, 1.54) is 12.8 Å². The number of hydrogen-bond acceptors (Lipinski definition) is 5. The summed E-state index contributed by atoms with van der Waals surface area (Å²) in [6.45, 7) is 5.60. The maximum absolute atomic E-state index is 4.64. The van der Waals surface area contributed by atoms with Crippen LogP contribution in [0.4, 0.5) is 11.8 Å². The molecule has 0 aliphatic carbocycles. The largest absolute Gasteiger partial charge is 0.357 e. The monoisotopic (exact) mass is 260 g/mol. The van der Waals surface area contributed by atoms with Gasteiger partial charge in [0.05, 0.1) is 6.33 Å². The first-order valence-corrected chi connectivity index (χ1v) is 6.86. The van der Waals surface area contributed by atoms with E-state index >= 15 is 0 Å². The molecule has 0 bridgehead atoms. The van der Waals surface area contributed by atoms with Crippen LogP contribution < -0.4 is 10.2 Å². The molecule has 0 radical (unpaired) electrons. The number of fused-ring (bicyclic) bond motifs is 1. The average Bonchev–Trinajstić information content (AvgIpc) is 3.05. The highest BCUT2D eigenvalue weighted by Gasteiger charge is 2.30. The van der Waals surface area contributed by atoms with Gasteiger partial charge in [-0.2, -0.15) is 9.97 Å². The van der Waals surface area contributed by atoms with E-state index in [0.717, 1.165) is 23.5 Å². The Bertz CT molecular complexity index is 576. The smallest absolute Gasteiger partial charge is 0.226 e. The summed E-state index contributed by atoms with van der Waals surface area (Å²) >= 11 is 0. The molecule has 1 unspecified atom stereocenters. The van der Waals surface area contributed by atoms with Crippen LogP contribution in [0.3, 0.4) is 0 Å². The molecule has 3 rings (SSSR count). The Labute approximate surface area is 112 Å². The Morgan fingerprint density at radius 2 is 2.26 bits per heavy atom. The van der Waals surface area contributed by atoms with Crippen LogP contribution in [0, 0.1) is 5.92 Å². The van der Waals surface area contributed by atoms with Gasteiger partial charge in [-0.1, -0.05) is 13.8 Å². The van der Waals surface area contributed by atoms with E-state index < -0.39 is 0 Å². The van der Waals surface area contributed by atoms with Gasteiger partial charge in [-0.25, -0.2) is 4.98 Å². The van der Waals surface area contributed by atoms with Crippen molar-refractivity contribution in [2.45, 2.75) is 32.7 Å². The summed E-state index contributed by atoms with van der Waals surface area (Å²) in [5.41, 5.74) is 1.66. The first-order valence-electron chi connectivity index (χ1n) is 6.86. The van der Waals surface area contributed by atoms with E-state index in [2.05, 4.69) is 44.0 Å². The van der Waals surface area contributed by atoms with Gasteiger partial charge in [0, 0.05) is 19.6 Å². The van der Waals surface area contributed by atoms with Crippen molar-refractivity contribution in [3.63, 3.8) is 0 Å². The fourth-order valence-electron chi connectivity index (χ4n) is 2.89. The number of aromatic nitrogens is 4. The Balaban J connectivity index is 2.10. The number of imidazole rings is 1. The molecule has 1 fully saturated rings. The molecular weight excluding hydrogens is 240 g/mol. The lowest BCUT2D eigenvalue weighted by Gasteiger charge is -2.29. The zero-order valence-corrected chi connectivity index (χ0v) is 11.6. The highest BCUT2D eigenvalue weighted by atomic mass is 15.3. The molecule has 6 nitrogen and oxygen atoms in total. The van der Waals surface area contributed by atoms with Crippen LogP contribution in [-0.2, 0) is 0 Å². The molecule has 0 saturated carbocycles. The highest BCUT2D eigenvalue weighted by Crippen LogP contribution is 2.32. The fraction of sp³-hybridized carbons (Fsp3) is 0.615. The van der Waals surface area contributed by atoms with Crippen molar-refractivity contribution in [2.24, 2.45) is 5.92 Å². The number of nitrogens with one attached hydrogen (secondary N) is 2. The standard InChI is InChI=1S/C13H20N6/c1-8(2)9-5-4-6-19(9)12-10-11(16-7-15-10)17-13(14-3)18-12/h7-9H,4-6H2,1-3H3,(H2,14,15,16,17,18). The van der Waals surface area contributed by atoms with Crippen molar-refractivity contribution in [2.75, 3.05) is 23.8 Å². The van der Waals surface area contributed by atoms with Crippen LogP contribution in [0.25, 0.3) is 11.2 Å². The molecule has 1 atom stereocenters. The quantitative estimate of drug-likeness (QED) is 0.883. The van der Waals surface area contributed by atoms with Crippen molar-refractivity contribution in [3.05, 3.63) is 6.33 Å².